The van der Waals surface area contributed by atoms with E-state index in [-0.39, 0.29) is 4.90 Å². The first-order valence-corrected chi connectivity index (χ1v) is 5.88. The minimum atomic E-state index is -3.29. The minimum Gasteiger partial charge on any atom is -0.428 e. The van der Waals surface area contributed by atoms with Crippen LogP contribution in [0.4, 0.5) is 0 Å². The molecule has 0 saturated carbocycles. The molecule has 0 amide bonds. The molecule has 0 unspecified atom stereocenters. The van der Waals surface area contributed by atoms with E-state index in [0.29, 0.717) is 10.9 Å². The van der Waals surface area contributed by atoms with Gasteiger partial charge in [0.15, 0.2) is 9.84 Å². The van der Waals surface area contributed by atoms with Crippen molar-refractivity contribution in [1.82, 2.24) is 4.73 Å². The standard InChI is InChI=1S/C9H9NO3S/c1-14(12,13)9-6-10(11)8-5-3-2-4-7(8)9/h2-6,11H,1H3. The topological polar surface area (TPSA) is 59.3 Å². The molecule has 1 heterocycles. The first kappa shape index (κ1) is 9.08. The second-order valence-corrected chi connectivity index (χ2v) is 5.11. The predicted octanol–water partition coefficient (Wildman–Crippen LogP) is 1.28. The fraction of sp³-hybridized carbons (Fsp3) is 0.111. The number of hydrogen-bond donors (Lipinski definition) is 1. The van der Waals surface area contributed by atoms with E-state index in [1.165, 1.54) is 6.20 Å². The van der Waals surface area contributed by atoms with Gasteiger partial charge in [-0.05, 0) is 6.07 Å². The normalized spacial score (nSPS) is 12.1. The summed E-state index contributed by atoms with van der Waals surface area (Å²) in [5.74, 6) is 0. The molecule has 2 aromatic rings. The summed E-state index contributed by atoms with van der Waals surface area (Å²) < 4.78 is 23.5. The Morgan fingerprint density at radius 3 is 2.57 bits per heavy atom. The molecule has 0 spiro atoms. The second-order valence-electron chi connectivity index (χ2n) is 3.13. The maximum Gasteiger partial charge on any atom is 0.177 e. The molecule has 1 aromatic heterocycles. The van der Waals surface area contributed by atoms with Crippen molar-refractivity contribution in [3.63, 3.8) is 0 Å². The summed E-state index contributed by atoms with van der Waals surface area (Å²) in [6.45, 7) is 0. The second kappa shape index (κ2) is 2.75. The third-order valence-electron chi connectivity index (χ3n) is 2.06. The molecule has 0 radical (unpaired) electrons. The summed E-state index contributed by atoms with van der Waals surface area (Å²) >= 11 is 0. The molecule has 0 bridgehead atoms. The fourth-order valence-electron chi connectivity index (χ4n) is 1.43. The summed E-state index contributed by atoms with van der Waals surface area (Å²) in [7, 11) is -3.29. The highest BCUT2D eigenvalue weighted by Gasteiger charge is 2.15. The molecule has 74 valence electrons. The molecule has 0 saturated heterocycles. The number of nitrogens with zero attached hydrogens (tertiary/aromatic N) is 1. The molecule has 4 nitrogen and oxygen atoms in total. The van der Waals surface area contributed by atoms with Crippen LogP contribution in [0, 0.1) is 0 Å². The average Bonchev–Trinajstić information content (AvgIpc) is 2.44. The van der Waals surface area contributed by atoms with Gasteiger partial charge in [-0.2, -0.15) is 4.73 Å². The molecule has 1 N–H and O–H groups in total. The quantitative estimate of drug-likeness (QED) is 0.723. The third-order valence-corrected chi connectivity index (χ3v) is 3.18. The van der Waals surface area contributed by atoms with Gasteiger partial charge in [-0.1, -0.05) is 18.2 Å². The number of rotatable bonds is 1. The van der Waals surface area contributed by atoms with Gasteiger partial charge in [0.05, 0.1) is 16.6 Å². The SMILES string of the molecule is CS(=O)(=O)c1cn(O)c2ccccc12. The lowest BCUT2D eigenvalue weighted by Gasteiger charge is -1.93. The molecule has 0 aliphatic rings. The maximum atomic E-state index is 11.3. The van der Waals surface area contributed by atoms with Crippen LogP contribution in [0.5, 0.6) is 0 Å². The number of hydrogen-bond acceptors (Lipinski definition) is 3. The summed E-state index contributed by atoms with van der Waals surface area (Å²) in [6, 6.07) is 6.79. The van der Waals surface area contributed by atoms with Crippen molar-refractivity contribution in [2.45, 2.75) is 4.90 Å². The van der Waals surface area contributed by atoms with Crippen LogP contribution in [0.2, 0.25) is 0 Å². The minimum absolute atomic E-state index is 0.149. The molecule has 0 atom stereocenters. The van der Waals surface area contributed by atoms with Gasteiger partial charge in [-0.3, -0.25) is 0 Å². The zero-order valence-electron chi connectivity index (χ0n) is 7.51. The number of benzene rings is 1. The van der Waals surface area contributed by atoms with Crippen molar-refractivity contribution in [2.24, 2.45) is 0 Å². The number of para-hydroxylation sites is 1. The first-order chi connectivity index (χ1) is 6.50. The Hall–Kier alpha value is -1.49. The Kier molecular flexibility index (Phi) is 1.78. The molecule has 5 heteroatoms. The molecule has 0 fully saturated rings. The summed E-state index contributed by atoms with van der Waals surface area (Å²) in [6.07, 6.45) is 2.33. The van der Waals surface area contributed by atoms with Crippen LogP contribution in [0.3, 0.4) is 0 Å². The van der Waals surface area contributed by atoms with Crippen molar-refractivity contribution >= 4 is 20.7 Å². The van der Waals surface area contributed by atoms with Gasteiger partial charge in [0.2, 0.25) is 0 Å². The lowest BCUT2D eigenvalue weighted by Crippen LogP contribution is -1.95. The fourth-order valence-corrected chi connectivity index (χ4v) is 2.29. The lowest BCUT2D eigenvalue weighted by atomic mass is 10.2. The van der Waals surface area contributed by atoms with Crippen LogP contribution in [0.25, 0.3) is 10.9 Å². The largest absolute Gasteiger partial charge is 0.428 e. The van der Waals surface area contributed by atoms with E-state index in [0.717, 1.165) is 11.0 Å². The highest BCUT2D eigenvalue weighted by atomic mass is 32.2. The van der Waals surface area contributed by atoms with E-state index < -0.39 is 9.84 Å². The average molecular weight is 211 g/mol. The van der Waals surface area contributed by atoms with Gasteiger partial charge in [0, 0.05) is 11.6 Å². The first-order valence-electron chi connectivity index (χ1n) is 3.99. The summed E-state index contributed by atoms with van der Waals surface area (Å²) in [5, 5.41) is 9.95. The van der Waals surface area contributed by atoms with Crippen molar-refractivity contribution in [2.75, 3.05) is 6.26 Å². The molecule has 0 aliphatic heterocycles. The van der Waals surface area contributed by atoms with Gasteiger partial charge in [0.1, 0.15) is 0 Å². The Balaban J connectivity index is 2.93. The van der Waals surface area contributed by atoms with Gasteiger partial charge < -0.3 is 5.21 Å². The van der Waals surface area contributed by atoms with Crippen molar-refractivity contribution in [3.8, 4) is 0 Å². The molecular formula is C9H9NO3S. The van der Waals surface area contributed by atoms with Gasteiger partial charge in [-0.15, -0.1) is 0 Å². The van der Waals surface area contributed by atoms with Crippen molar-refractivity contribution in [3.05, 3.63) is 30.5 Å². The molecule has 1 aromatic carbocycles. The van der Waals surface area contributed by atoms with Crippen LogP contribution < -0.4 is 0 Å². The zero-order valence-corrected chi connectivity index (χ0v) is 8.32. The Morgan fingerprint density at radius 1 is 1.29 bits per heavy atom. The van der Waals surface area contributed by atoms with E-state index in [1.54, 1.807) is 24.3 Å². The summed E-state index contributed by atoms with van der Waals surface area (Å²) in [5.41, 5.74) is 0.493. The van der Waals surface area contributed by atoms with Crippen LogP contribution in [0.1, 0.15) is 0 Å². The van der Waals surface area contributed by atoms with Crippen LogP contribution >= 0.6 is 0 Å². The lowest BCUT2D eigenvalue weighted by molar-refractivity contribution is 0.199. The smallest absolute Gasteiger partial charge is 0.177 e. The molecular weight excluding hydrogens is 202 g/mol. The number of aromatic nitrogens is 1. The molecule has 14 heavy (non-hydrogen) atoms. The molecule has 2 rings (SSSR count). The predicted molar refractivity (Wildman–Crippen MR) is 52.2 cm³/mol. The Labute approximate surface area is 81.3 Å². The summed E-state index contributed by atoms with van der Waals surface area (Å²) in [4.78, 5) is 0.149. The van der Waals surface area contributed by atoms with Crippen LogP contribution in [0.15, 0.2) is 35.4 Å². The van der Waals surface area contributed by atoms with Crippen molar-refractivity contribution < 1.29 is 13.6 Å². The van der Waals surface area contributed by atoms with E-state index in [1.807, 2.05) is 0 Å². The zero-order chi connectivity index (χ0) is 10.3. The third kappa shape index (κ3) is 1.26. The van der Waals surface area contributed by atoms with Crippen LogP contribution in [-0.4, -0.2) is 24.6 Å². The highest BCUT2D eigenvalue weighted by molar-refractivity contribution is 7.91. The van der Waals surface area contributed by atoms with E-state index in [9.17, 15) is 13.6 Å². The number of sulfone groups is 1. The van der Waals surface area contributed by atoms with E-state index in [4.69, 9.17) is 0 Å². The number of fused-ring (bicyclic) bond motifs is 1. The van der Waals surface area contributed by atoms with Crippen molar-refractivity contribution in [1.29, 1.82) is 0 Å². The highest BCUT2D eigenvalue weighted by Crippen LogP contribution is 2.23. The van der Waals surface area contributed by atoms with Gasteiger partial charge in [-0.25, -0.2) is 8.42 Å². The van der Waals surface area contributed by atoms with E-state index in [2.05, 4.69) is 0 Å². The van der Waals surface area contributed by atoms with Gasteiger partial charge in [0.25, 0.3) is 0 Å². The monoisotopic (exact) mass is 211 g/mol. The Bertz CT molecular complexity index is 583. The Morgan fingerprint density at radius 2 is 1.93 bits per heavy atom. The van der Waals surface area contributed by atoms with Crippen LogP contribution in [-0.2, 0) is 9.84 Å². The molecule has 0 aliphatic carbocycles. The van der Waals surface area contributed by atoms with Gasteiger partial charge >= 0.3 is 0 Å². The maximum absolute atomic E-state index is 11.3. The van der Waals surface area contributed by atoms with E-state index >= 15 is 0 Å².